The normalized spacial score (nSPS) is 12.2. The Morgan fingerprint density at radius 2 is 1.74 bits per heavy atom. The summed E-state index contributed by atoms with van der Waals surface area (Å²) in [5.41, 5.74) is -3.48. The number of fused-ring (bicyclic) bond motifs is 1. The van der Waals surface area contributed by atoms with Gasteiger partial charge in [0.05, 0.1) is 42.1 Å². The van der Waals surface area contributed by atoms with E-state index in [-0.39, 0.29) is 19.2 Å². The third kappa shape index (κ3) is 5.53. The number of aromatic nitrogens is 4. The number of benzene rings is 1. The number of hydrogen-bond acceptors (Lipinski definition) is 6. The van der Waals surface area contributed by atoms with Crippen molar-refractivity contribution in [2.24, 2.45) is 0 Å². The molecule has 0 saturated carbocycles. The van der Waals surface area contributed by atoms with Crippen LogP contribution in [0.2, 0.25) is 0 Å². The molecule has 8 nitrogen and oxygen atoms in total. The van der Waals surface area contributed by atoms with E-state index in [0.29, 0.717) is 41.3 Å². The Morgan fingerprint density at radius 3 is 2.37 bits per heavy atom. The first-order valence-corrected chi connectivity index (χ1v) is 10.0. The van der Waals surface area contributed by atoms with Crippen LogP contribution in [0.5, 0.6) is 0 Å². The Hall–Kier alpha value is -4.10. The third-order valence-electron chi connectivity index (χ3n) is 4.90. The molecule has 0 spiro atoms. The minimum Gasteiger partial charge on any atom is -0.467 e. The van der Waals surface area contributed by atoms with Crippen molar-refractivity contribution in [3.63, 3.8) is 0 Å². The second-order valence-corrected chi connectivity index (χ2v) is 7.31. The van der Waals surface area contributed by atoms with Crippen LogP contribution in [0, 0.1) is 0 Å². The lowest BCUT2D eigenvalue weighted by atomic mass is 10.0. The molecule has 3 aromatic heterocycles. The number of halogens is 6. The molecule has 2 N–H and O–H groups in total. The van der Waals surface area contributed by atoms with E-state index in [1.807, 2.05) is 0 Å². The molecule has 1 aromatic carbocycles. The number of alkyl halides is 6. The van der Waals surface area contributed by atoms with Crippen molar-refractivity contribution in [2.75, 3.05) is 11.9 Å². The van der Waals surface area contributed by atoms with Gasteiger partial charge in [0.1, 0.15) is 17.9 Å². The summed E-state index contributed by atoms with van der Waals surface area (Å²) in [6.45, 7) is 0.276. The molecule has 14 heteroatoms. The summed E-state index contributed by atoms with van der Waals surface area (Å²) in [7, 11) is 0. The smallest absolute Gasteiger partial charge is 0.416 e. The molecule has 184 valence electrons. The van der Waals surface area contributed by atoms with Gasteiger partial charge in [-0.25, -0.2) is 14.6 Å². The minimum absolute atomic E-state index is 0.0378. The summed E-state index contributed by atoms with van der Waals surface area (Å²) in [4.78, 5) is 20.6. The summed E-state index contributed by atoms with van der Waals surface area (Å²) in [6, 6.07) is 4.22. The highest BCUT2D eigenvalue weighted by atomic mass is 19.4. The van der Waals surface area contributed by atoms with E-state index in [4.69, 9.17) is 4.42 Å². The topological polar surface area (TPSA) is 97.9 Å². The number of carbonyl (C=O) groups excluding carboxylic acids is 1. The molecule has 4 aromatic rings. The lowest BCUT2D eigenvalue weighted by molar-refractivity contribution is -0.143. The van der Waals surface area contributed by atoms with Crippen LogP contribution >= 0.6 is 0 Å². The molecule has 0 aliphatic rings. The zero-order valence-corrected chi connectivity index (χ0v) is 17.6. The lowest BCUT2D eigenvalue weighted by Crippen LogP contribution is -2.28. The van der Waals surface area contributed by atoms with Gasteiger partial charge in [-0.1, -0.05) is 0 Å². The van der Waals surface area contributed by atoms with Crippen LogP contribution < -0.4 is 10.6 Å². The lowest BCUT2D eigenvalue weighted by Gasteiger charge is -2.14. The summed E-state index contributed by atoms with van der Waals surface area (Å²) in [6.07, 6.45) is -5.78. The molecule has 3 heterocycles. The van der Waals surface area contributed by atoms with Gasteiger partial charge in [0.15, 0.2) is 5.65 Å². The van der Waals surface area contributed by atoms with Gasteiger partial charge in [-0.15, -0.1) is 0 Å². The summed E-state index contributed by atoms with van der Waals surface area (Å²) >= 11 is 0. The number of amides is 1. The van der Waals surface area contributed by atoms with E-state index < -0.39 is 35.0 Å². The van der Waals surface area contributed by atoms with E-state index in [1.54, 1.807) is 12.1 Å². The zero-order valence-electron chi connectivity index (χ0n) is 17.6. The van der Waals surface area contributed by atoms with E-state index in [0.717, 1.165) is 0 Å². The number of rotatable bonds is 7. The van der Waals surface area contributed by atoms with Crippen molar-refractivity contribution in [1.82, 2.24) is 25.1 Å². The number of furan rings is 1. The SMILES string of the molecule is O=C(NCCn1ncc2c(NCc3ccco3)ncnc21)c1cc(C(F)(F)F)cc(C(F)(F)F)c1. The fourth-order valence-corrected chi connectivity index (χ4v) is 3.24. The van der Waals surface area contributed by atoms with Gasteiger partial charge < -0.3 is 15.1 Å². The Labute approximate surface area is 193 Å². The molecule has 0 saturated heterocycles. The van der Waals surface area contributed by atoms with Crippen molar-refractivity contribution < 1.29 is 35.6 Å². The maximum Gasteiger partial charge on any atom is 0.416 e. The number of nitrogens with one attached hydrogen (secondary N) is 2. The van der Waals surface area contributed by atoms with Gasteiger partial charge in [0, 0.05) is 12.1 Å². The third-order valence-corrected chi connectivity index (χ3v) is 4.90. The summed E-state index contributed by atoms with van der Waals surface area (Å²) in [5.74, 6) is 0.0639. The van der Waals surface area contributed by atoms with Crippen molar-refractivity contribution >= 4 is 22.8 Å². The van der Waals surface area contributed by atoms with E-state index in [2.05, 4.69) is 25.7 Å². The fraction of sp³-hybridized carbons (Fsp3) is 0.238. The summed E-state index contributed by atoms with van der Waals surface area (Å²) < 4.78 is 84.8. The Morgan fingerprint density at radius 1 is 1.03 bits per heavy atom. The molecule has 0 fully saturated rings. The molecule has 35 heavy (non-hydrogen) atoms. The number of hydrogen-bond donors (Lipinski definition) is 2. The van der Waals surface area contributed by atoms with Crippen LogP contribution in [-0.4, -0.2) is 32.2 Å². The quantitative estimate of drug-likeness (QED) is 0.364. The first-order chi connectivity index (χ1) is 16.5. The van der Waals surface area contributed by atoms with Gasteiger partial charge in [0.25, 0.3) is 5.91 Å². The Balaban J connectivity index is 1.45. The van der Waals surface area contributed by atoms with Gasteiger partial charge >= 0.3 is 12.4 Å². The van der Waals surface area contributed by atoms with Crippen molar-refractivity contribution in [2.45, 2.75) is 25.4 Å². The van der Waals surface area contributed by atoms with Crippen LogP contribution in [-0.2, 0) is 25.4 Å². The van der Waals surface area contributed by atoms with E-state index >= 15 is 0 Å². The van der Waals surface area contributed by atoms with Gasteiger partial charge in [-0.2, -0.15) is 31.4 Å². The molecule has 1 amide bonds. The molecule has 0 atom stereocenters. The molecule has 0 aliphatic heterocycles. The van der Waals surface area contributed by atoms with Crippen molar-refractivity contribution in [1.29, 1.82) is 0 Å². The standard InChI is InChI=1S/C21H16F6N6O2/c22-20(23,24)13-6-12(7-14(8-13)21(25,26)27)19(34)28-3-4-33-18-16(10-32-33)17(30-11-31-18)29-9-15-2-1-5-35-15/h1-2,5-8,10-11H,3-4,9H2,(H,28,34)(H,29,30,31). The summed E-state index contributed by atoms with van der Waals surface area (Å²) in [5, 5.41) is 10.1. The highest BCUT2D eigenvalue weighted by molar-refractivity contribution is 5.94. The van der Waals surface area contributed by atoms with Crippen LogP contribution in [0.1, 0.15) is 27.2 Å². The molecule has 0 bridgehead atoms. The molecule has 4 rings (SSSR count). The average Bonchev–Trinajstić information content (AvgIpc) is 3.46. The molecule has 0 aliphatic carbocycles. The predicted octanol–water partition coefficient (Wildman–Crippen LogP) is 4.50. The Bertz CT molecular complexity index is 1300. The van der Waals surface area contributed by atoms with Gasteiger partial charge in [-0.3, -0.25) is 4.79 Å². The zero-order chi connectivity index (χ0) is 25.2. The fourth-order valence-electron chi connectivity index (χ4n) is 3.24. The van der Waals surface area contributed by atoms with Crippen LogP contribution in [0.15, 0.2) is 53.5 Å². The highest BCUT2D eigenvalue weighted by Gasteiger charge is 2.37. The molecule has 0 unspecified atom stereocenters. The minimum atomic E-state index is -5.05. The average molecular weight is 498 g/mol. The molecular formula is C21H16F6N6O2. The number of anilines is 1. The van der Waals surface area contributed by atoms with Crippen molar-refractivity contribution in [3.8, 4) is 0 Å². The predicted molar refractivity (Wildman–Crippen MR) is 110 cm³/mol. The van der Waals surface area contributed by atoms with Crippen LogP contribution in [0.4, 0.5) is 32.2 Å². The first kappa shape index (κ1) is 24.0. The second-order valence-electron chi connectivity index (χ2n) is 7.31. The maximum absolute atomic E-state index is 13.0. The van der Waals surface area contributed by atoms with E-state index in [1.165, 1.54) is 23.5 Å². The monoisotopic (exact) mass is 498 g/mol. The largest absolute Gasteiger partial charge is 0.467 e. The Kier molecular flexibility index (Phi) is 6.37. The van der Waals surface area contributed by atoms with Crippen LogP contribution in [0.3, 0.4) is 0 Å². The second kappa shape index (κ2) is 9.27. The molecular weight excluding hydrogens is 482 g/mol. The van der Waals surface area contributed by atoms with Gasteiger partial charge in [-0.05, 0) is 30.3 Å². The van der Waals surface area contributed by atoms with E-state index in [9.17, 15) is 31.1 Å². The van der Waals surface area contributed by atoms with Crippen molar-refractivity contribution in [3.05, 3.63) is 71.6 Å². The molecule has 0 radical (unpaired) electrons. The number of carbonyl (C=O) groups is 1. The maximum atomic E-state index is 13.0. The van der Waals surface area contributed by atoms with Gasteiger partial charge in [0.2, 0.25) is 0 Å². The first-order valence-electron chi connectivity index (χ1n) is 10.0. The highest BCUT2D eigenvalue weighted by Crippen LogP contribution is 2.36. The number of nitrogens with zero attached hydrogens (tertiary/aromatic N) is 4. The van der Waals surface area contributed by atoms with Crippen LogP contribution in [0.25, 0.3) is 11.0 Å².